The minimum Gasteiger partial charge on any atom is -0.447 e. The number of alkyl carbamates (subject to hydrolysis) is 2. The number of aromatic nitrogens is 1. The van der Waals surface area contributed by atoms with Crippen LogP contribution in [0.15, 0.2) is 24.4 Å². The lowest BCUT2D eigenvalue weighted by molar-refractivity contribution is -0.00457. The summed E-state index contributed by atoms with van der Waals surface area (Å²) in [7, 11) is 1.42. The number of methoxy groups -OCH3 is 1. The Morgan fingerprint density at radius 3 is 2.50 bits per heavy atom. The van der Waals surface area contributed by atoms with Crippen LogP contribution in [0.25, 0.3) is 0 Å². The average Bonchev–Trinajstić information content (AvgIpc) is 2.61. The molecule has 1 rings (SSSR count). The topological polar surface area (TPSA) is 119 Å². The van der Waals surface area contributed by atoms with Crippen LogP contribution in [0.2, 0.25) is 0 Å². The molecular formula is C15H23N3O6. The summed E-state index contributed by atoms with van der Waals surface area (Å²) < 4.78 is 15.0. The van der Waals surface area contributed by atoms with Gasteiger partial charge in [-0.05, 0) is 18.6 Å². The summed E-state index contributed by atoms with van der Waals surface area (Å²) >= 11 is 0. The van der Waals surface area contributed by atoms with E-state index in [1.807, 2.05) is 6.07 Å². The molecule has 0 spiro atoms. The number of aliphatic hydroxyl groups is 1. The summed E-state index contributed by atoms with van der Waals surface area (Å²) in [4.78, 5) is 27.0. The molecule has 3 N–H and O–H groups in total. The van der Waals surface area contributed by atoms with Gasteiger partial charge in [0.2, 0.25) is 0 Å². The molecule has 0 aromatic carbocycles. The maximum Gasteiger partial charge on any atom is 0.407 e. The number of carbonyl (C=O) groups excluding carboxylic acids is 2. The van der Waals surface area contributed by atoms with Gasteiger partial charge in [0.25, 0.3) is 0 Å². The fraction of sp³-hybridized carbons (Fsp3) is 0.533. The second kappa shape index (κ2) is 12.1. The van der Waals surface area contributed by atoms with Crippen molar-refractivity contribution in [1.29, 1.82) is 0 Å². The first kappa shape index (κ1) is 19.7. The zero-order valence-electron chi connectivity index (χ0n) is 13.6. The molecule has 134 valence electrons. The normalized spacial score (nSPS) is 11.4. The number of ether oxygens (including phenoxy) is 3. The third-order valence-corrected chi connectivity index (χ3v) is 2.88. The molecular weight excluding hydrogens is 318 g/mol. The average molecular weight is 341 g/mol. The quantitative estimate of drug-likeness (QED) is 0.528. The molecule has 9 heteroatoms. The smallest absolute Gasteiger partial charge is 0.407 e. The predicted molar refractivity (Wildman–Crippen MR) is 84.3 cm³/mol. The van der Waals surface area contributed by atoms with Crippen molar-refractivity contribution < 1.29 is 28.9 Å². The van der Waals surface area contributed by atoms with E-state index in [4.69, 9.17) is 19.3 Å². The van der Waals surface area contributed by atoms with E-state index in [0.717, 1.165) is 0 Å². The number of pyridine rings is 1. The van der Waals surface area contributed by atoms with E-state index in [1.165, 1.54) is 7.11 Å². The van der Waals surface area contributed by atoms with Crippen molar-refractivity contribution in [1.82, 2.24) is 15.6 Å². The van der Waals surface area contributed by atoms with Gasteiger partial charge in [0, 0.05) is 26.5 Å². The van der Waals surface area contributed by atoms with Crippen LogP contribution in [0.5, 0.6) is 0 Å². The summed E-state index contributed by atoms with van der Waals surface area (Å²) in [6.45, 7) is 0.437. The molecule has 0 aliphatic rings. The van der Waals surface area contributed by atoms with Crippen molar-refractivity contribution in [3.05, 3.63) is 30.1 Å². The van der Waals surface area contributed by atoms with Gasteiger partial charge in [-0.25, -0.2) is 9.59 Å². The first-order valence-corrected chi connectivity index (χ1v) is 7.50. The molecule has 1 heterocycles. The van der Waals surface area contributed by atoms with Gasteiger partial charge < -0.3 is 30.0 Å². The number of hydrogen-bond acceptors (Lipinski definition) is 7. The highest BCUT2D eigenvalue weighted by molar-refractivity contribution is 5.67. The second-order valence-electron chi connectivity index (χ2n) is 4.73. The Kier molecular flexibility index (Phi) is 9.90. The molecule has 0 saturated carbocycles. The fourth-order valence-electron chi connectivity index (χ4n) is 1.56. The van der Waals surface area contributed by atoms with Crippen LogP contribution < -0.4 is 10.6 Å². The van der Waals surface area contributed by atoms with E-state index in [2.05, 4.69) is 15.6 Å². The SMILES string of the molecule is COC(COC(=O)NCCCO)COC(=O)NCc1ccccn1. The Balaban J connectivity index is 2.18. The van der Waals surface area contributed by atoms with Crippen molar-refractivity contribution in [3.63, 3.8) is 0 Å². The van der Waals surface area contributed by atoms with E-state index in [9.17, 15) is 9.59 Å². The Bertz CT molecular complexity index is 485. The van der Waals surface area contributed by atoms with Gasteiger partial charge in [0.05, 0.1) is 12.2 Å². The van der Waals surface area contributed by atoms with E-state index in [1.54, 1.807) is 18.3 Å². The van der Waals surface area contributed by atoms with Crippen molar-refractivity contribution in [2.45, 2.75) is 19.1 Å². The molecule has 0 saturated heterocycles. The van der Waals surface area contributed by atoms with E-state index < -0.39 is 18.3 Å². The Morgan fingerprint density at radius 1 is 1.21 bits per heavy atom. The van der Waals surface area contributed by atoms with Crippen LogP contribution in [0.1, 0.15) is 12.1 Å². The Morgan fingerprint density at radius 2 is 1.92 bits per heavy atom. The number of hydrogen-bond donors (Lipinski definition) is 3. The maximum atomic E-state index is 11.6. The molecule has 9 nitrogen and oxygen atoms in total. The first-order valence-electron chi connectivity index (χ1n) is 7.50. The molecule has 0 bridgehead atoms. The number of nitrogens with one attached hydrogen (secondary N) is 2. The highest BCUT2D eigenvalue weighted by Crippen LogP contribution is 1.96. The van der Waals surface area contributed by atoms with Crippen molar-refractivity contribution in [3.8, 4) is 0 Å². The molecule has 24 heavy (non-hydrogen) atoms. The van der Waals surface area contributed by atoms with Crippen LogP contribution in [0, 0.1) is 0 Å². The van der Waals surface area contributed by atoms with Gasteiger partial charge in [-0.2, -0.15) is 0 Å². The van der Waals surface area contributed by atoms with Crippen LogP contribution in [-0.4, -0.2) is 61.9 Å². The molecule has 0 radical (unpaired) electrons. The van der Waals surface area contributed by atoms with Gasteiger partial charge in [0.15, 0.2) is 0 Å². The lowest BCUT2D eigenvalue weighted by Crippen LogP contribution is -2.34. The summed E-state index contributed by atoms with van der Waals surface area (Å²) in [5.41, 5.74) is 0.709. The van der Waals surface area contributed by atoms with Crippen molar-refractivity contribution in [2.75, 3.05) is 33.5 Å². The van der Waals surface area contributed by atoms with Crippen LogP contribution in [-0.2, 0) is 20.8 Å². The Labute approximate surface area is 140 Å². The maximum absolute atomic E-state index is 11.6. The van der Waals surface area contributed by atoms with Crippen molar-refractivity contribution in [2.24, 2.45) is 0 Å². The molecule has 1 atom stereocenters. The summed E-state index contributed by atoms with van der Waals surface area (Å²) in [6, 6.07) is 5.38. The third-order valence-electron chi connectivity index (χ3n) is 2.88. The van der Waals surface area contributed by atoms with Gasteiger partial charge in [-0.15, -0.1) is 0 Å². The summed E-state index contributed by atoms with van der Waals surface area (Å²) in [5.74, 6) is 0. The highest BCUT2D eigenvalue weighted by Gasteiger charge is 2.14. The zero-order valence-corrected chi connectivity index (χ0v) is 13.6. The third kappa shape index (κ3) is 8.91. The molecule has 1 unspecified atom stereocenters. The predicted octanol–water partition coefficient (Wildman–Crippen LogP) is 0.431. The van der Waals surface area contributed by atoms with E-state index in [-0.39, 0.29) is 26.4 Å². The van der Waals surface area contributed by atoms with Crippen LogP contribution >= 0.6 is 0 Å². The molecule has 0 aliphatic heterocycles. The minimum absolute atomic E-state index is 0.0115. The molecule has 2 amide bonds. The fourth-order valence-corrected chi connectivity index (χ4v) is 1.56. The van der Waals surface area contributed by atoms with Crippen LogP contribution in [0.3, 0.4) is 0 Å². The van der Waals surface area contributed by atoms with Gasteiger partial charge in [0.1, 0.15) is 19.3 Å². The van der Waals surface area contributed by atoms with Gasteiger partial charge in [-0.1, -0.05) is 6.07 Å². The number of carbonyl (C=O) groups is 2. The van der Waals surface area contributed by atoms with Crippen molar-refractivity contribution >= 4 is 12.2 Å². The van der Waals surface area contributed by atoms with Crippen LogP contribution in [0.4, 0.5) is 9.59 Å². The van der Waals surface area contributed by atoms with E-state index in [0.29, 0.717) is 18.7 Å². The molecule has 1 aromatic heterocycles. The summed E-state index contributed by atoms with van der Waals surface area (Å²) in [5, 5.41) is 13.6. The molecule has 1 aromatic rings. The lowest BCUT2D eigenvalue weighted by Gasteiger charge is -2.16. The number of nitrogens with zero attached hydrogens (tertiary/aromatic N) is 1. The summed E-state index contributed by atoms with van der Waals surface area (Å²) in [6.07, 6.45) is 0.267. The molecule has 0 fully saturated rings. The van der Waals surface area contributed by atoms with Gasteiger partial charge in [-0.3, -0.25) is 4.98 Å². The largest absolute Gasteiger partial charge is 0.447 e. The molecule has 0 aliphatic carbocycles. The number of aliphatic hydroxyl groups excluding tert-OH is 1. The monoisotopic (exact) mass is 341 g/mol. The zero-order chi connectivity index (χ0) is 17.6. The van der Waals surface area contributed by atoms with Gasteiger partial charge >= 0.3 is 12.2 Å². The number of rotatable bonds is 10. The van der Waals surface area contributed by atoms with E-state index >= 15 is 0 Å². The lowest BCUT2D eigenvalue weighted by atomic mass is 10.3. The standard InChI is InChI=1S/C15H23N3O6/c1-22-13(10-23-14(20)17-7-4-8-19)11-24-15(21)18-9-12-5-2-3-6-16-12/h2-3,5-6,13,19H,4,7-11H2,1H3,(H,17,20)(H,18,21). The highest BCUT2D eigenvalue weighted by atomic mass is 16.6. The Hall–Kier alpha value is -2.39. The first-order chi connectivity index (χ1) is 11.7. The minimum atomic E-state index is -0.620. The second-order valence-corrected chi connectivity index (χ2v) is 4.73. The number of amides is 2.